The van der Waals surface area contributed by atoms with Gasteiger partial charge in [-0.1, -0.05) is 11.2 Å². The van der Waals surface area contributed by atoms with Gasteiger partial charge in [0.2, 0.25) is 5.82 Å². The van der Waals surface area contributed by atoms with Gasteiger partial charge in [-0.2, -0.15) is 4.98 Å². The van der Waals surface area contributed by atoms with E-state index in [1.165, 1.54) is 6.26 Å². The Balaban J connectivity index is 2.06. The maximum atomic E-state index is 9.81. The average molecular weight is 243 g/mol. The van der Waals surface area contributed by atoms with Crippen molar-refractivity contribution in [3.8, 4) is 28.8 Å². The lowest BCUT2D eigenvalue weighted by molar-refractivity contribution is 0.424. The monoisotopic (exact) mass is 243 g/mol. The van der Waals surface area contributed by atoms with Crippen LogP contribution in [0.25, 0.3) is 23.0 Å². The zero-order valence-electron chi connectivity index (χ0n) is 9.20. The second-order valence-electron chi connectivity index (χ2n) is 3.64. The number of phenols is 1. The molecule has 0 unspecified atom stereocenters. The van der Waals surface area contributed by atoms with E-state index in [0.717, 1.165) is 0 Å². The van der Waals surface area contributed by atoms with Gasteiger partial charge in [0, 0.05) is 0 Å². The maximum absolute atomic E-state index is 9.81. The van der Waals surface area contributed by atoms with E-state index >= 15 is 0 Å². The first-order chi connectivity index (χ1) is 8.75. The molecule has 0 fully saturated rings. The van der Waals surface area contributed by atoms with Crippen LogP contribution < -0.4 is 5.73 Å². The van der Waals surface area contributed by atoms with Crippen molar-refractivity contribution in [3.05, 3.63) is 36.6 Å². The number of hydrogen-bond donors (Lipinski definition) is 2. The van der Waals surface area contributed by atoms with Crippen LogP contribution in [-0.4, -0.2) is 15.2 Å². The zero-order valence-corrected chi connectivity index (χ0v) is 9.20. The van der Waals surface area contributed by atoms with Crippen LogP contribution in [0.4, 0.5) is 5.69 Å². The van der Waals surface area contributed by atoms with Crippen molar-refractivity contribution in [1.82, 2.24) is 10.1 Å². The number of nitrogens with two attached hydrogens (primary N) is 1. The van der Waals surface area contributed by atoms with E-state index < -0.39 is 0 Å². The molecule has 2 aromatic heterocycles. The number of furan rings is 1. The Hall–Kier alpha value is -2.76. The van der Waals surface area contributed by atoms with Crippen molar-refractivity contribution in [1.29, 1.82) is 0 Å². The molecular weight excluding hydrogens is 234 g/mol. The summed E-state index contributed by atoms with van der Waals surface area (Å²) < 4.78 is 10.2. The third-order valence-corrected chi connectivity index (χ3v) is 2.47. The van der Waals surface area contributed by atoms with Gasteiger partial charge >= 0.3 is 0 Å². The Labute approximate surface area is 102 Å². The Morgan fingerprint density at radius 2 is 2.06 bits per heavy atom. The normalized spacial score (nSPS) is 10.7. The second-order valence-corrected chi connectivity index (χ2v) is 3.64. The second kappa shape index (κ2) is 3.92. The average Bonchev–Trinajstić information content (AvgIpc) is 3.01. The lowest BCUT2D eigenvalue weighted by atomic mass is 10.2. The Morgan fingerprint density at radius 1 is 1.17 bits per heavy atom. The molecule has 0 aliphatic rings. The van der Waals surface area contributed by atoms with E-state index in [4.69, 9.17) is 14.7 Å². The van der Waals surface area contributed by atoms with Crippen molar-refractivity contribution < 1.29 is 14.0 Å². The molecule has 0 saturated carbocycles. The molecule has 3 aromatic rings. The van der Waals surface area contributed by atoms with Gasteiger partial charge in [-0.05, 0) is 24.3 Å². The van der Waals surface area contributed by atoms with Crippen molar-refractivity contribution in [2.75, 3.05) is 5.73 Å². The van der Waals surface area contributed by atoms with E-state index in [-0.39, 0.29) is 17.3 Å². The van der Waals surface area contributed by atoms with Gasteiger partial charge < -0.3 is 19.8 Å². The molecule has 2 heterocycles. The highest BCUT2D eigenvalue weighted by molar-refractivity contribution is 5.72. The van der Waals surface area contributed by atoms with E-state index in [1.807, 2.05) is 0 Å². The standard InChI is InChI=1S/C12H9N3O3/c13-8-4-1-3-7(10(8)16)12-14-11(15-18-12)9-5-2-6-17-9/h1-6,16H,13H2. The van der Waals surface area contributed by atoms with Gasteiger partial charge in [-0.25, -0.2) is 0 Å². The summed E-state index contributed by atoms with van der Waals surface area (Å²) >= 11 is 0. The predicted molar refractivity (Wildman–Crippen MR) is 63.5 cm³/mol. The highest BCUT2D eigenvalue weighted by Crippen LogP contribution is 2.33. The molecule has 1 aromatic carbocycles. The summed E-state index contributed by atoms with van der Waals surface area (Å²) in [5.74, 6) is 0.920. The number of nitrogens with zero attached hydrogens (tertiary/aromatic N) is 2. The number of phenolic OH excluding ortho intramolecular Hbond substituents is 1. The van der Waals surface area contributed by atoms with Crippen molar-refractivity contribution in [2.24, 2.45) is 0 Å². The van der Waals surface area contributed by atoms with Gasteiger partial charge in [0.1, 0.15) is 0 Å². The predicted octanol–water partition coefficient (Wildman–Crippen LogP) is 2.28. The zero-order chi connectivity index (χ0) is 12.5. The first-order valence-electron chi connectivity index (χ1n) is 5.21. The molecule has 0 spiro atoms. The van der Waals surface area contributed by atoms with Gasteiger partial charge in [0.25, 0.3) is 5.89 Å². The highest BCUT2D eigenvalue weighted by atomic mass is 16.5. The van der Waals surface area contributed by atoms with Crippen LogP contribution in [-0.2, 0) is 0 Å². The number of nitrogen functional groups attached to an aromatic ring is 1. The molecule has 0 amide bonds. The number of para-hydroxylation sites is 1. The minimum atomic E-state index is -0.0767. The van der Waals surface area contributed by atoms with Crippen LogP contribution >= 0.6 is 0 Å². The van der Waals surface area contributed by atoms with Crippen molar-refractivity contribution in [2.45, 2.75) is 0 Å². The fourth-order valence-corrected chi connectivity index (χ4v) is 1.57. The largest absolute Gasteiger partial charge is 0.505 e. The van der Waals surface area contributed by atoms with E-state index in [1.54, 1.807) is 30.3 Å². The summed E-state index contributed by atoms with van der Waals surface area (Å²) in [6, 6.07) is 8.37. The van der Waals surface area contributed by atoms with Gasteiger partial charge in [0.05, 0.1) is 17.5 Å². The summed E-state index contributed by atoms with van der Waals surface area (Å²) in [6.07, 6.45) is 1.52. The Kier molecular flexibility index (Phi) is 2.26. The molecule has 0 bridgehead atoms. The van der Waals surface area contributed by atoms with Crippen molar-refractivity contribution >= 4 is 5.69 Å². The smallest absolute Gasteiger partial charge is 0.262 e. The minimum absolute atomic E-state index is 0.0767. The molecule has 0 saturated heterocycles. The van der Waals surface area contributed by atoms with E-state index in [2.05, 4.69) is 10.1 Å². The molecule has 6 nitrogen and oxygen atoms in total. The first-order valence-corrected chi connectivity index (χ1v) is 5.21. The molecule has 0 atom stereocenters. The number of aromatic hydroxyl groups is 1. The van der Waals surface area contributed by atoms with Gasteiger partial charge in [-0.3, -0.25) is 0 Å². The number of hydrogen-bond acceptors (Lipinski definition) is 6. The first kappa shape index (κ1) is 10.4. The fourth-order valence-electron chi connectivity index (χ4n) is 1.57. The highest BCUT2D eigenvalue weighted by Gasteiger charge is 2.16. The molecule has 0 aliphatic heterocycles. The third-order valence-electron chi connectivity index (χ3n) is 2.47. The fraction of sp³-hybridized carbons (Fsp3) is 0. The Morgan fingerprint density at radius 3 is 2.83 bits per heavy atom. The van der Waals surface area contributed by atoms with E-state index in [0.29, 0.717) is 17.1 Å². The van der Waals surface area contributed by atoms with Crippen LogP contribution in [0.1, 0.15) is 0 Å². The van der Waals surface area contributed by atoms with Gasteiger partial charge in [0.15, 0.2) is 11.5 Å². The van der Waals surface area contributed by atoms with Gasteiger partial charge in [-0.15, -0.1) is 0 Å². The minimum Gasteiger partial charge on any atom is -0.505 e. The Bertz CT molecular complexity index is 674. The summed E-state index contributed by atoms with van der Waals surface area (Å²) in [7, 11) is 0. The van der Waals surface area contributed by atoms with Crippen LogP contribution in [0.2, 0.25) is 0 Å². The van der Waals surface area contributed by atoms with Crippen LogP contribution in [0.3, 0.4) is 0 Å². The summed E-state index contributed by atoms with van der Waals surface area (Å²) in [4.78, 5) is 4.14. The quantitative estimate of drug-likeness (QED) is 0.529. The number of aromatic nitrogens is 2. The molecule has 90 valence electrons. The van der Waals surface area contributed by atoms with Crippen molar-refractivity contribution in [3.63, 3.8) is 0 Å². The molecule has 6 heteroatoms. The van der Waals surface area contributed by atoms with Crippen LogP contribution in [0.5, 0.6) is 5.75 Å². The number of benzene rings is 1. The molecule has 0 aliphatic carbocycles. The summed E-state index contributed by atoms with van der Waals surface area (Å²) in [5, 5.41) is 13.6. The molecule has 3 rings (SSSR count). The SMILES string of the molecule is Nc1cccc(-c2nc(-c3ccco3)no2)c1O. The van der Waals surface area contributed by atoms with Crippen LogP contribution in [0, 0.1) is 0 Å². The topological polar surface area (TPSA) is 98.3 Å². The lowest BCUT2D eigenvalue weighted by Gasteiger charge is -2.01. The summed E-state index contributed by atoms with van der Waals surface area (Å²) in [5.41, 5.74) is 6.25. The summed E-state index contributed by atoms with van der Waals surface area (Å²) in [6.45, 7) is 0. The molecular formula is C12H9N3O3. The van der Waals surface area contributed by atoms with E-state index in [9.17, 15) is 5.11 Å². The lowest BCUT2D eigenvalue weighted by Crippen LogP contribution is -1.87. The van der Waals surface area contributed by atoms with Crippen LogP contribution in [0.15, 0.2) is 45.5 Å². The maximum Gasteiger partial charge on any atom is 0.262 e. The molecule has 3 N–H and O–H groups in total. The number of rotatable bonds is 2. The third kappa shape index (κ3) is 1.60. The molecule has 0 radical (unpaired) electrons. The molecule has 18 heavy (non-hydrogen) atoms. The number of anilines is 1.